The summed E-state index contributed by atoms with van der Waals surface area (Å²) in [5.41, 5.74) is 0.501. The molecule has 1 amide bonds. The predicted octanol–water partition coefficient (Wildman–Crippen LogP) is 5.03. The Morgan fingerprint density at radius 1 is 1.16 bits per heavy atom. The number of rotatable bonds is 3. The maximum Gasteiger partial charge on any atom is 0.573 e. The van der Waals surface area contributed by atoms with Crippen molar-refractivity contribution in [2.24, 2.45) is 0 Å². The van der Waals surface area contributed by atoms with Crippen LogP contribution in [0.25, 0.3) is 11.0 Å². The van der Waals surface area contributed by atoms with Crippen LogP contribution in [0, 0.1) is 12.7 Å². The molecule has 1 aromatic heterocycles. The molecule has 0 aliphatic rings. The normalized spacial score (nSPS) is 11.6. The molecule has 0 radical (unpaired) electrons. The van der Waals surface area contributed by atoms with E-state index in [0.29, 0.717) is 16.5 Å². The number of halogens is 4. The van der Waals surface area contributed by atoms with Gasteiger partial charge in [0.2, 0.25) is 0 Å². The van der Waals surface area contributed by atoms with Crippen LogP contribution in [0.1, 0.15) is 16.1 Å². The summed E-state index contributed by atoms with van der Waals surface area (Å²) in [4.78, 5) is 12.4. The zero-order chi connectivity index (χ0) is 18.2. The average Bonchev–Trinajstić information content (AvgIpc) is 2.85. The van der Waals surface area contributed by atoms with Gasteiger partial charge in [-0.2, -0.15) is 0 Å². The fourth-order valence-corrected chi connectivity index (χ4v) is 2.37. The summed E-state index contributed by atoms with van der Waals surface area (Å²) < 4.78 is 59.9. The van der Waals surface area contributed by atoms with Crippen molar-refractivity contribution in [3.63, 3.8) is 0 Å². The number of ether oxygens (including phenoxy) is 1. The molecular formula is C17H11F4NO3. The average molecular weight is 353 g/mol. The molecule has 130 valence electrons. The summed E-state index contributed by atoms with van der Waals surface area (Å²) in [6.07, 6.45) is -4.90. The molecule has 4 nitrogen and oxygen atoms in total. The molecule has 3 aromatic rings. The van der Waals surface area contributed by atoms with Gasteiger partial charge in [0, 0.05) is 10.9 Å². The second kappa shape index (κ2) is 6.12. The van der Waals surface area contributed by atoms with Crippen LogP contribution >= 0.6 is 0 Å². The van der Waals surface area contributed by atoms with E-state index < -0.39 is 23.8 Å². The molecule has 2 aromatic carbocycles. The number of anilines is 1. The maximum absolute atomic E-state index is 13.3. The molecule has 0 aliphatic heterocycles. The third kappa shape index (κ3) is 3.57. The molecule has 0 saturated heterocycles. The van der Waals surface area contributed by atoms with Crippen LogP contribution in [0.2, 0.25) is 0 Å². The summed E-state index contributed by atoms with van der Waals surface area (Å²) in [5.74, 6) is -1.94. The van der Waals surface area contributed by atoms with E-state index in [-0.39, 0.29) is 11.4 Å². The smallest absolute Gasteiger partial charge is 0.451 e. The van der Waals surface area contributed by atoms with Gasteiger partial charge in [-0.1, -0.05) is 12.1 Å². The lowest BCUT2D eigenvalue weighted by atomic mass is 10.1. The second-order valence-corrected chi connectivity index (χ2v) is 5.19. The van der Waals surface area contributed by atoms with Gasteiger partial charge < -0.3 is 14.5 Å². The van der Waals surface area contributed by atoms with E-state index >= 15 is 0 Å². The Balaban J connectivity index is 1.92. The maximum atomic E-state index is 13.3. The summed E-state index contributed by atoms with van der Waals surface area (Å²) >= 11 is 0. The van der Waals surface area contributed by atoms with E-state index in [0.717, 1.165) is 6.07 Å². The van der Waals surface area contributed by atoms with Crippen molar-refractivity contribution in [1.29, 1.82) is 0 Å². The van der Waals surface area contributed by atoms with Crippen molar-refractivity contribution >= 4 is 22.6 Å². The molecule has 0 saturated carbocycles. The number of fused-ring (bicyclic) bond motifs is 1. The summed E-state index contributed by atoms with van der Waals surface area (Å²) in [6.45, 7) is 1.55. The van der Waals surface area contributed by atoms with E-state index in [2.05, 4.69) is 10.1 Å². The van der Waals surface area contributed by atoms with Crippen molar-refractivity contribution in [2.45, 2.75) is 13.3 Å². The lowest BCUT2D eigenvalue weighted by molar-refractivity contribution is -0.274. The van der Waals surface area contributed by atoms with E-state index in [1.807, 2.05) is 0 Å². The van der Waals surface area contributed by atoms with Crippen LogP contribution in [0.3, 0.4) is 0 Å². The Labute approximate surface area is 139 Å². The number of carbonyl (C=O) groups excluding carboxylic acids is 1. The molecule has 25 heavy (non-hydrogen) atoms. The summed E-state index contributed by atoms with van der Waals surface area (Å²) in [6, 6.07) is 8.88. The molecule has 0 aliphatic carbocycles. The first-order chi connectivity index (χ1) is 11.7. The van der Waals surface area contributed by atoms with Gasteiger partial charge in [-0.15, -0.1) is 13.2 Å². The van der Waals surface area contributed by atoms with Crippen molar-refractivity contribution < 1.29 is 31.5 Å². The van der Waals surface area contributed by atoms with Crippen LogP contribution in [-0.4, -0.2) is 12.3 Å². The molecule has 0 bridgehead atoms. The van der Waals surface area contributed by atoms with Crippen LogP contribution in [0.15, 0.2) is 46.9 Å². The Bertz CT molecular complexity index is 947. The zero-order valence-electron chi connectivity index (χ0n) is 12.8. The SMILES string of the molecule is Cc1c(C(=O)Nc2ccccc2OC(F)(F)F)oc2ccc(F)cc12. The first-order valence-electron chi connectivity index (χ1n) is 7.09. The predicted molar refractivity (Wildman–Crippen MR) is 82.0 cm³/mol. The highest BCUT2D eigenvalue weighted by Gasteiger charge is 2.32. The summed E-state index contributed by atoms with van der Waals surface area (Å²) in [5, 5.41) is 2.72. The Morgan fingerprint density at radius 2 is 1.88 bits per heavy atom. The van der Waals surface area contributed by atoms with Gasteiger partial charge in [-0.05, 0) is 37.3 Å². The van der Waals surface area contributed by atoms with Crippen LogP contribution < -0.4 is 10.1 Å². The van der Waals surface area contributed by atoms with E-state index in [4.69, 9.17) is 4.42 Å². The molecule has 0 atom stereocenters. The summed E-state index contributed by atoms with van der Waals surface area (Å²) in [7, 11) is 0. The Hall–Kier alpha value is -3.03. The molecule has 0 spiro atoms. The van der Waals surface area contributed by atoms with Gasteiger partial charge in [-0.3, -0.25) is 4.79 Å². The minimum atomic E-state index is -4.90. The number of hydrogen-bond donors (Lipinski definition) is 1. The number of amides is 1. The van der Waals surface area contributed by atoms with Gasteiger partial charge >= 0.3 is 6.36 Å². The molecule has 0 unspecified atom stereocenters. The van der Waals surface area contributed by atoms with Crippen molar-refractivity contribution in [1.82, 2.24) is 0 Å². The van der Waals surface area contributed by atoms with Crippen molar-refractivity contribution in [3.05, 3.63) is 59.6 Å². The minimum absolute atomic E-state index is 0.123. The number of carbonyl (C=O) groups is 1. The van der Waals surface area contributed by atoms with Gasteiger partial charge in [0.25, 0.3) is 5.91 Å². The standard InChI is InChI=1S/C17H11F4NO3/c1-9-11-8-10(18)6-7-13(11)24-15(9)16(23)22-12-4-2-3-5-14(12)25-17(19,20)21/h2-8H,1H3,(H,22,23). The van der Waals surface area contributed by atoms with E-state index in [1.54, 1.807) is 6.92 Å². The van der Waals surface area contributed by atoms with Gasteiger partial charge in [0.05, 0.1) is 5.69 Å². The topological polar surface area (TPSA) is 51.5 Å². The molecule has 0 fully saturated rings. The highest BCUT2D eigenvalue weighted by molar-refractivity contribution is 6.07. The molecule has 1 heterocycles. The first-order valence-corrected chi connectivity index (χ1v) is 7.09. The fourth-order valence-electron chi connectivity index (χ4n) is 2.37. The number of alkyl halides is 3. The number of nitrogens with one attached hydrogen (secondary N) is 1. The van der Waals surface area contributed by atoms with E-state index in [9.17, 15) is 22.4 Å². The minimum Gasteiger partial charge on any atom is -0.451 e. The molecule has 1 N–H and O–H groups in total. The lowest BCUT2D eigenvalue weighted by Crippen LogP contribution is -2.19. The van der Waals surface area contributed by atoms with Crippen molar-refractivity contribution in [3.8, 4) is 5.75 Å². The van der Waals surface area contributed by atoms with E-state index in [1.165, 1.54) is 36.4 Å². The lowest BCUT2D eigenvalue weighted by Gasteiger charge is -2.13. The highest BCUT2D eigenvalue weighted by Crippen LogP contribution is 2.31. The fraction of sp³-hybridized carbons (Fsp3) is 0.118. The Kier molecular flexibility index (Phi) is 4.12. The van der Waals surface area contributed by atoms with Crippen LogP contribution in [-0.2, 0) is 0 Å². The quantitative estimate of drug-likeness (QED) is 0.672. The monoisotopic (exact) mass is 353 g/mol. The third-order valence-electron chi connectivity index (χ3n) is 3.47. The number of hydrogen-bond acceptors (Lipinski definition) is 3. The van der Waals surface area contributed by atoms with Crippen LogP contribution in [0.5, 0.6) is 5.75 Å². The number of aryl methyl sites for hydroxylation is 1. The highest BCUT2D eigenvalue weighted by atomic mass is 19.4. The largest absolute Gasteiger partial charge is 0.573 e. The van der Waals surface area contributed by atoms with Crippen molar-refractivity contribution in [2.75, 3.05) is 5.32 Å². The number of benzene rings is 2. The van der Waals surface area contributed by atoms with Gasteiger partial charge in [0.15, 0.2) is 11.5 Å². The zero-order valence-corrected chi connectivity index (χ0v) is 12.8. The number of para-hydroxylation sites is 2. The number of furan rings is 1. The third-order valence-corrected chi connectivity index (χ3v) is 3.47. The first kappa shape index (κ1) is 16.8. The van der Waals surface area contributed by atoms with Gasteiger partial charge in [-0.25, -0.2) is 4.39 Å². The van der Waals surface area contributed by atoms with Gasteiger partial charge in [0.1, 0.15) is 11.4 Å². The molecule has 3 rings (SSSR count). The van der Waals surface area contributed by atoms with Crippen LogP contribution in [0.4, 0.5) is 23.2 Å². The molecular weight excluding hydrogens is 342 g/mol. The second-order valence-electron chi connectivity index (χ2n) is 5.19. The molecule has 8 heteroatoms. The Morgan fingerprint density at radius 3 is 2.60 bits per heavy atom.